The van der Waals surface area contributed by atoms with Gasteiger partial charge in [0.1, 0.15) is 0 Å². The predicted molar refractivity (Wildman–Crippen MR) is 122 cm³/mol. The van der Waals surface area contributed by atoms with E-state index in [1.165, 1.54) is 18.7 Å². The lowest BCUT2D eigenvalue weighted by atomic mass is 9.76. The van der Waals surface area contributed by atoms with E-state index in [0.717, 1.165) is 44.2 Å². The van der Waals surface area contributed by atoms with Crippen LogP contribution >= 0.6 is 0 Å². The molecule has 0 bridgehead atoms. The van der Waals surface area contributed by atoms with E-state index < -0.39 is 17.5 Å². The van der Waals surface area contributed by atoms with Gasteiger partial charge in [-0.1, -0.05) is 17.2 Å². The molecule has 1 spiro atoms. The normalized spacial score (nSPS) is 23.1. The molecule has 2 aliphatic rings. The molecule has 1 atom stereocenters. The Balaban J connectivity index is 1.15. The van der Waals surface area contributed by atoms with Crippen LogP contribution in [0.3, 0.4) is 0 Å². The number of ether oxygens (including phenoxy) is 1. The minimum absolute atomic E-state index is 0.0586. The zero-order valence-corrected chi connectivity index (χ0v) is 19.0. The molecule has 2 saturated carbocycles. The Hall–Kier alpha value is -3.82. The molecule has 2 fully saturated rings. The van der Waals surface area contributed by atoms with Crippen LogP contribution in [-0.4, -0.2) is 29.2 Å². The van der Waals surface area contributed by atoms with Crippen LogP contribution in [0.2, 0.25) is 0 Å². The summed E-state index contributed by atoms with van der Waals surface area (Å²) in [6.45, 7) is 0. The summed E-state index contributed by atoms with van der Waals surface area (Å²) in [5, 5.41) is 12.7. The molecule has 1 amide bonds. The van der Waals surface area contributed by atoms with Crippen LogP contribution < -0.4 is 10.6 Å². The van der Waals surface area contributed by atoms with E-state index in [4.69, 9.17) is 9.15 Å². The van der Waals surface area contributed by atoms with Crippen molar-refractivity contribution >= 4 is 29.3 Å². The molecule has 0 aliphatic heterocycles. The second kappa shape index (κ2) is 9.09. The number of carbonyl (C=O) groups is 2. The maximum Gasteiger partial charge on any atom is 0.320 e. The van der Waals surface area contributed by atoms with Crippen LogP contribution in [0.4, 0.5) is 26.2 Å². The summed E-state index contributed by atoms with van der Waals surface area (Å²) < 4.78 is 36.6. The largest absolute Gasteiger partial charge is 0.469 e. The van der Waals surface area contributed by atoms with E-state index in [0.29, 0.717) is 11.6 Å². The highest BCUT2D eigenvalue weighted by molar-refractivity contribution is 6.00. The van der Waals surface area contributed by atoms with Gasteiger partial charge in [-0.05, 0) is 73.3 Å². The predicted octanol–water partition coefficient (Wildman–Crippen LogP) is 5.18. The van der Waals surface area contributed by atoms with Crippen molar-refractivity contribution < 1.29 is 27.5 Å². The molecule has 5 rings (SSSR count). The van der Waals surface area contributed by atoms with Gasteiger partial charge in [0.15, 0.2) is 11.6 Å². The molecular formula is C25H24F2N4O4. The van der Waals surface area contributed by atoms with Crippen molar-refractivity contribution in [2.75, 3.05) is 17.7 Å². The molecule has 1 aromatic heterocycles. The van der Waals surface area contributed by atoms with Crippen LogP contribution in [0.25, 0.3) is 0 Å². The second-order valence-corrected chi connectivity index (χ2v) is 9.16. The number of amides is 1. The van der Waals surface area contributed by atoms with Crippen LogP contribution in [-0.2, 0) is 9.53 Å². The number of carbonyl (C=O) groups excluding carboxylic acids is 2. The molecule has 35 heavy (non-hydrogen) atoms. The molecule has 0 saturated heterocycles. The maximum absolute atomic E-state index is 13.3. The van der Waals surface area contributed by atoms with Crippen molar-refractivity contribution in [3.63, 3.8) is 0 Å². The quantitative estimate of drug-likeness (QED) is 0.466. The summed E-state index contributed by atoms with van der Waals surface area (Å²) in [5.41, 5.74) is 2.11. The molecule has 2 N–H and O–H groups in total. The number of benzene rings is 2. The minimum Gasteiger partial charge on any atom is -0.469 e. The highest BCUT2D eigenvalue weighted by Gasteiger charge is 2.59. The van der Waals surface area contributed by atoms with Crippen molar-refractivity contribution in [2.45, 2.75) is 38.0 Å². The van der Waals surface area contributed by atoms with Crippen LogP contribution in [0.5, 0.6) is 0 Å². The third kappa shape index (κ3) is 4.73. The summed E-state index contributed by atoms with van der Waals surface area (Å²) in [6, 6.07) is 10.7. The molecular weight excluding hydrogens is 458 g/mol. The molecule has 1 heterocycles. The number of halogens is 2. The van der Waals surface area contributed by atoms with Crippen molar-refractivity contribution in [2.24, 2.45) is 11.3 Å². The Morgan fingerprint density at radius 2 is 1.74 bits per heavy atom. The van der Waals surface area contributed by atoms with E-state index in [1.54, 1.807) is 0 Å². The van der Waals surface area contributed by atoms with E-state index in [2.05, 4.69) is 20.8 Å². The van der Waals surface area contributed by atoms with Crippen LogP contribution in [0.1, 0.15) is 54.3 Å². The highest BCUT2D eigenvalue weighted by atomic mass is 19.2. The summed E-state index contributed by atoms with van der Waals surface area (Å²) in [7, 11) is 1.45. The topological polar surface area (TPSA) is 106 Å². The Labute approximate surface area is 200 Å². The molecule has 2 aromatic carbocycles. The monoisotopic (exact) mass is 482 g/mol. The lowest BCUT2D eigenvalue weighted by molar-refractivity contribution is -0.143. The van der Waals surface area contributed by atoms with Gasteiger partial charge in [-0.3, -0.25) is 9.59 Å². The number of aromatic nitrogens is 2. The summed E-state index contributed by atoms with van der Waals surface area (Å²) in [4.78, 5) is 24.3. The molecule has 1 unspecified atom stereocenters. The number of methoxy groups -OCH3 is 1. The Morgan fingerprint density at radius 1 is 1.03 bits per heavy atom. The number of hydrogen-bond donors (Lipinski definition) is 2. The molecule has 10 heteroatoms. The van der Waals surface area contributed by atoms with Crippen molar-refractivity contribution in [1.29, 1.82) is 0 Å². The van der Waals surface area contributed by atoms with Crippen LogP contribution in [0.15, 0.2) is 46.9 Å². The fraction of sp³-hybridized carbons (Fsp3) is 0.360. The van der Waals surface area contributed by atoms with Gasteiger partial charge < -0.3 is 19.8 Å². The van der Waals surface area contributed by atoms with Gasteiger partial charge in [0.05, 0.1) is 13.0 Å². The third-order valence-electron chi connectivity index (χ3n) is 7.09. The first-order chi connectivity index (χ1) is 16.9. The van der Waals surface area contributed by atoms with Gasteiger partial charge in [-0.25, -0.2) is 8.78 Å². The van der Waals surface area contributed by atoms with Gasteiger partial charge in [0.25, 0.3) is 0 Å². The lowest BCUT2D eigenvalue weighted by Crippen LogP contribution is -2.19. The maximum atomic E-state index is 13.3. The zero-order chi connectivity index (χ0) is 24.6. The van der Waals surface area contributed by atoms with Gasteiger partial charge >= 0.3 is 23.8 Å². The fourth-order valence-electron chi connectivity index (χ4n) is 4.99. The Morgan fingerprint density at radius 3 is 2.43 bits per heavy atom. The van der Waals surface area contributed by atoms with Crippen molar-refractivity contribution in [3.05, 3.63) is 65.6 Å². The number of rotatable bonds is 6. The fourth-order valence-corrected chi connectivity index (χ4v) is 4.99. The Bertz CT molecular complexity index is 1250. The summed E-state index contributed by atoms with van der Waals surface area (Å²) in [6.07, 6.45) is 5.02. The smallest absolute Gasteiger partial charge is 0.320 e. The zero-order valence-electron chi connectivity index (χ0n) is 19.0. The van der Waals surface area contributed by atoms with E-state index in [-0.39, 0.29) is 34.9 Å². The highest BCUT2D eigenvalue weighted by Crippen LogP contribution is 2.63. The van der Waals surface area contributed by atoms with E-state index in [9.17, 15) is 18.4 Å². The molecule has 3 aromatic rings. The van der Waals surface area contributed by atoms with Gasteiger partial charge in [0.2, 0.25) is 0 Å². The number of hydrogen-bond acceptors (Lipinski definition) is 7. The minimum atomic E-state index is -1.03. The number of nitrogens with one attached hydrogen (secondary N) is 2. The van der Waals surface area contributed by atoms with E-state index >= 15 is 0 Å². The number of anilines is 3. The third-order valence-corrected chi connectivity index (χ3v) is 7.09. The number of nitrogens with zero attached hydrogens (tertiary/aromatic N) is 2. The first-order valence-corrected chi connectivity index (χ1v) is 11.4. The average molecular weight is 482 g/mol. The van der Waals surface area contributed by atoms with Crippen molar-refractivity contribution in [3.8, 4) is 0 Å². The van der Waals surface area contributed by atoms with Gasteiger partial charge in [-0.15, -0.1) is 5.10 Å². The molecule has 2 aliphatic carbocycles. The Kier molecular flexibility index (Phi) is 5.96. The van der Waals surface area contributed by atoms with E-state index in [1.807, 2.05) is 24.3 Å². The second-order valence-electron chi connectivity index (χ2n) is 9.16. The lowest BCUT2D eigenvalue weighted by Gasteiger charge is -2.29. The molecule has 0 radical (unpaired) electrons. The van der Waals surface area contributed by atoms with Gasteiger partial charge in [0, 0.05) is 17.4 Å². The number of esters is 1. The van der Waals surface area contributed by atoms with Gasteiger partial charge in [-0.2, -0.15) is 0 Å². The average Bonchev–Trinajstić information content (AvgIpc) is 3.35. The SMILES string of the molecule is COC(=O)C1CC12CCC(c1ccc(NC(=O)c3nnc(Nc4ccc(F)c(F)c4)o3)cc1)CC2. The molecule has 182 valence electrons. The molecule has 8 nitrogen and oxygen atoms in total. The first-order valence-electron chi connectivity index (χ1n) is 11.4. The standard InChI is InChI=1S/C25H24F2N4O4/c1-34-23(33)18-13-25(18)10-8-15(9-11-25)14-2-4-16(5-3-14)28-21(32)22-30-31-24(35-22)29-17-6-7-19(26)20(27)12-17/h2-7,12,15,18H,8-11,13H2,1H3,(H,28,32)(H,29,31). The first kappa shape index (κ1) is 22.9. The van der Waals surface area contributed by atoms with Crippen molar-refractivity contribution in [1.82, 2.24) is 10.2 Å². The van der Waals surface area contributed by atoms with Crippen LogP contribution in [0, 0.1) is 23.0 Å². The summed E-state index contributed by atoms with van der Waals surface area (Å²) in [5.74, 6) is -2.48. The summed E-state index contributed by atoms with van der Waals surface area (Å²) >= 11 is 0.